The maximum atomic E-state index is 11.5. The lowest BCUT2D eigenvalue weighted by atomic mass is 10.0. The van der Waals surface area contributed by atoms with Gasteiger partial charge in [-0.15, -0.1) is 0 Å². The molecule has 1 unspecified atom stereocenters. The van der Waals surface area contributed by atoms with E-state index in [1.807, 2.05) is 13.0 Å². The van der Waals surface area contributed by atoms with Crippen molar-refractivity contribution >= 4 is 21.8 Å². The number of rotatable bonds is 5. The quantitative estimate of drug-likeness (QED) is 0.876. The third-order valence-electron chi connectivity index (χ3n) is 2.77. The summed E-state index contributed by atoms with van der Waals surface area (Å²) in [6.45, 7) is 2.27. The van der Waals surface area contributed by atoms with Gasteiger partial charge in [-0.2, -0.15) is 0 Å². The molecule has 4 nitrogen and oxygen atoms in total. The topological polar surface area (TPSA) is 52.6 Å². The number of hydrogen-bond donors (Lipinski definition) is 2. The van der Waals surface area contributed by atoms with E-state index in [4.69, 9.17) is 0 Å². The van der Waals surface area contributed by atoms with Gasteiger partial charge in [0.25, 0.3) is 0 Å². The molecule has 100 valence electrons. The molecule has 0 aliphatic carbocycles. The molecule has 0 heterocycles. The average molecular weight is 315 g/mol. The van der Waals surface area contributed by atoms with E-state index < -0.39 is 0 Å². The van der Waals surface area contributed by atoms with Gasteiger partial charge < -0.3 is 15.3 Å². The van der Waals surface area contributed by atoms with Crippen LogP contribution < -0.4 is 5.32 Å². The van der Waals surface area contributed by atoms with Gasteiger partial charge in [0.05, 0.1) is 6.54 Å². The van der Waals surface area contributed by atoms with Crippen LogP contribution in [0.25, 0.3) is 0 Å². The van der Waals surface area contributed by atoms with Gasteiger partial charge in [0.1, 0.15) is 5.75 Å². The molecule has 0 aliphatic heterocycles. The fourth-order valence-corrected chi connectivity index (χ4v) is 2.03. The van der Waals surface area contributed by atoms with Crippen LogP contribution in [0.15, 0.2) is 22.7 Å². The molecule has 0 radical (unpaired) electrons. The molecule has 1 rings (SSSR count). The standard InChI is InChI=1S/C13H19BrN2O2/c1-4-11(15-8-13(18)16(2)3)10-7-9(14)5-6-12(10)17/h5-7,11,15,17H,4,8H2,1-3H3. The third kappa shape index (κ3) is 3.99. The maximum Gasteiger partial charge on any atom is 0.236 e. The Balaban J connectivity index is 2.77. The summed E-state index contributed by atoms with van der Waals surface area (Å²) < 4.78 is 0.912. The zero-order chi connectivity index (χ0) is 13.7. The van der Waals surface area contributed by atoms with Crippen molar-refractivity contribution in [1.29, 1.82) is 0 Å². The lowest BCUT2D eigenvalue weighted by Crippen LogP contribution is -2.34. The van der Waals surface area contributed by atoms with Crippen LogP contribution in [0.1, 0.15) is 24.9 Å². The van der Waals surface area contributed by atoms with E-state index in [2.05, 4.69) is 21.2 Å². The maximum absolute atomic E-state index is 11.5. The van der Waals surface area contributed by atoms with Crippen molar-refractivity contribution in [3.05, 3.63) is 28.2 Å². The van der Waals surface area contributed by atoms with E-state index in [-0.39, 0.29) is 24.2 Å². The van der Waals surface area contributed by atoms with Gasteiger partial charge in [-0.3, -0.25) is 4.79 Å². The predicted octanol–water partition coefficient (Wildman–Crippen LogP) is 2.28. The highest BCUT2D eigenvalue weighted by Crippen LogP contribution is 2.29. The van der Waals surface area contributed by atoms with Crippen molar-refractivity contribution in [3.8, 4) is 5.75 Å². The van der Waals surface area contributed by atoms with Crippen LogP contribution in [0.3, 0.4) is 0 Å². The Hall–Kier alpha value is -1.07. The van der Waals surface area contributed by atoms with Crippen LogP contribution >= 0.6 is 15.9 Å². The SMILES string of the molecule is CCC(NCC(=O)N(C)C)c1cc(Br)ccc1O. The summed E-state index contributed by atoms with van der Waals surface area (Å²) in [6, 6.07) is 5.27. The minimum atomic E-state index is -0.0357. The van der Waals surface area contributed by atoms with Crippen LogP contribution in [0.5, 0.6) is 5.75 Å². The fraction of sp³-hybridized carbons (Fsp3) is 0.462. The Morgan fingerprint density at radius 2 is 2.17 bits per heavy atom. The highest BCUT2D eigenvalue weighted by molar-refractivity contribution is 9.10. The first-order valence-electron chi connectivity index (χ1n) is 5.87. The molecule has 0 spiro atoms. The Bertz CT molecular complexity index is 421. The zero-order valence-corrected chi connectivity index (χ0v) is 12.5. The van der Waals surface area contributed by atoms with Crippen LogP contribution in [-0.2, 0) is 4.79 Å². The van der Waals surface area contributed by atoms with E-state index in [9.17, 15) is 9.90 Å². The minimum absolute atomic E-state index is 0.0166. The summed E-state index contributed by atoms with van der Waals surface area (Å²) in [5, 5.41) is 13.0. The normalized spacial score (nSPS) is 12.2. The molecule has 1 amide bonds. The van der Waals surface area contributed by atoms with E-state index in [1.54, 1.807) is 31.1 Å². The van der Waals surface area contributed by atoms with Gasteiger partial charge >= 0.3 is 0 Å². The van der Waals surface area contributed by atoms with E-state index >= 15 is 0 Å². The van der Waals surface area contributed by atoms with Crippen LogP contribution in [0.4, 0.5) is 0 Å². The largest absolute Gasteiger partial charge is 0.508 e. The highest BCUT2D eigenvalue weighted by Gasteiger charge is 2.15. The summed E-state index contributed by atoms with van der Waals surface area (Å²) in [5.74, 6) is 0.262. The first-order valence-corrected chi connectivity index (χ1v) is 6.67. The molecular weight excluding hydrogens is 296 g/mol. The second-order valence-electron chi connectivity index (χ2n) is 4.33. The van der Waals surface area contributed by atoms with Crippen molar-refractivity contribution in [2.75, 3.05) is 20.6 Å². The number of carbonyl (C=O) groups is 1. The number of halogens is 1. The summed E-state index contributed by atoms with van der Waals surface area (Å²) in [4.78, 5) is 13.1. The summed E-state index contributed by atoms with van der Waals surface area (Å²) in [7, 11) is 3.45. The number of hydrogen-bond acceptors (Lipinski definition) is 3. The fourth-order valence-electron chi connectivity index (χ4n) is 1.65. The number of likely N-dealkylation sites (N-methyl/N-ethyl adjacent to an activating group) is 1. The van der Waals surface area contributed by atoms with Crippen LogP contribution in [0.2, 0.25) is 0 Å². The first-order chi connectivity index (χ1) is 8.45. The van der Waals surface area contributed by atoms with Crippen molar-refractivity contribution < 1.29 is 9.90 Å². The number of aromatic hydroxyl groups is 1. The predicted molar refractivity (Wildman–Crippen MR) is 75.5 cm³/mol. The number of amides is 1. The Labute approximate surface area is 116 Å². The number of nitrogens with zero attached hydrogens (tertiary/aromatic N) is 1. The second-order valence-corrected chi connectivity index (χ2v) is 5.25. The van der Waals surface area contributed by atoms with E-state index in [0.29, 0.717) is 0 Å². The van der Waals surface area contributed by atoms with Gasteiger partial charge in [-0.05, 0) is 24.6 Å². The molecular formula is C13H19BrN2O2. The summed E-state index contributed by atoms with van der Waals surface area (Å²) in [6.07, 6.45) is 0.796. The Morgan fingerprint density at radius 3 is 2.72 bits per heavy atom. The zero-order valence-electron chi connectivity index (χ0n) is 10.9. The molecule has 1 aromatic rings. The molecule has 0 saturated carbocycles. The highest BCUT2D eigenvalue weighted by atomic mass is 79.9. The van der Waals surface area contributed by atoms with Crippen molar-refractivity contribution in [2.24, 2.45) is 0 Å². The Kier molecular flexibility index (Phi) is 5.62. The number of carbonyl (C=O) groups excluding carboxylic acids is 1. The molecule has 0 aromatic heterocycles. The van der Waals surface area contributed by atoms with Gasteiger partial charge in [0.2, 0.25) is 5.91 Å². The minimum Gasteiger partial charge on any atom is -0.508 e. The van der Waals surface area contributed by atoms with Crippen molar-refractivity contribution in [2.45, 2.75) is 19.4 Å². The molecule has 1 aromatic carbocycles. The average Bonchev–Trinajstić information content (AvgIpc) is 2.33. The van der Waals surface area contributed by atoms with Gasteiger partial charge in [-0.25, -0.2) is 0 Å². The summed E-state index contributed by atoms with van der Waals surface area (Å²) >= 11 is 3.38. The molecule has 0 fully saturated rings. The molecule has 0 aliphatic rings. The number of phenolic OH excluding ortho intramolecular Hbond substituents is 1. The molecule has 0 bridgehead atoms. The van der Waals surface area contributed by atoms with Crippen LogP contribution in [-0.4, -0.2) is 36.6 Å². The van der Waals surface area contributed by atoms with E-state index in [1.165, 1.54) is 0 Å². The monoisotopic (exact) mass is 314 g/mol. The molecule has 18 heavy (non-hydrogen) atoms. The van der Waals surface area contributed by atoms with Crippen molar-refractivity contribution in [1.82, 2.24) is 10.2 Å². The number of nitrogens with one attached hydrogen (secondary N) is 1. The van der Waals surface area contributed by atoms with E-state index in [0.717, 1.165) is 16.5 Å². The molecule has 2 N–H and O–H groups in total. The van der Waals surface area contributed by atoms with Crippen molar-refractivity contribution in [3.63, 3.8) is 0 Å². The number of phenols is 1. The molecule has 0 saturated heterocycles. The van der Waals surface area contributed by atoms with Gasteiger partial charge in [0, 0.05) is 30.2 Å². The second kappa shape index (κ2) is 6.75. The number of benzene rings is 1. The first kappa shape index (κ1) is 15.0. The Morgan fingerprint density at radius 1 is 1.50 bits per heavy atom. The smallest absolute Gasteiger partial charge is 0.236 e. The lowest BCUT2D eigenvalue weighted by Gasteiger charge is -2.20. The van der Waals surface area contributed by atoms with Crippen LogP contribution in [0, 0.1) is 0 Å². The lowest BCUT2D eigenvalue weighted by molar-refractivity contribution is -0.127. The molecule has 1 atom stereocenters. The third-order valence-corrected chi connectivity index (χ3v) is 3.26. The molecule has 5 heteroatoms. The van der Waals surface area contributed by atoms with Gasteiger partial charge in [-0.1, -0.05) is 22.9 Å². The van der Waals surface area contributed by atoms with Gasteiger partial charge in [0.15, 0.2) is 0 Å². The summed E-state index contributed by atoms with van der Waals surface area (Å²) in [5.41, 5.74) is 0.804.